The van der Waals surface area contributed by atoms with Crippen molar-refractivity contribution in [3.63, 3.8) is 0 Å². The van der Waals surface area contributed by atoms with Crippen molar-refractivity contribution < 1.29 is 27.8 Å². The Labute approximate surface area is 228 Å². The first-order chi connectivity index (χ1) is 18.4. The predicted octanol–water partition coefficient (Wildman–Crippen LogP) is 6.23. The van der Waals surface area contributed by atoms with Crippen LogP contribution in [0.25, 0.3) is 0 Å². The van der Waals surface area contributed by atoms with Gasteiger partial charge in [-0.1, -0.05) is 31.5 Å². The van der Waals surface area contributed by atoms with E-state index in [1.54, 1.807) is 36.0 Å². The zero-order chi connectivity index (χ0) is 27.0. The van der Waals surface area contributed by atoms with E-state index in [4.69, 9.17) is 9.47 Å². The Bertz CT molecular complexity index is 1310. The highest BCUT2D eigenvalue weighted by atomic mass is 32.2. The number of benzene rings is 3. The molecule has 3 aromatic rings. The van der Waals surface area contributed by atoms with Crippen LogP contribution in [0.3, 0.4) is 0 Å². The van der Waals surface area contributed by atoms with Crippen molar-refractivity contribution in [2.75, 3.05) is 18.9 Å². The summed E-state index contributed by atoms with van der Waals surface area (Å²) < 4.78 is 39.0. The van der Waals surface area contributed by atoms with Crippen LogP contribution >= 0.6 is 11.8 Å². The minimum absolute atomic E-state index is 0.126. The lowest BCUT2D eigenvalue weighted by atomic mass is 10.1. The fraction of sp³-hybridized carbons (Fsp3) is 0.345. The molecule has 1 atom stereocenters. The van der Waals surface area contributed by atoms with E-state index >= 15 is 0 Å². The van der Waals surface area contributed by atoms with Crippen LogP contribution in [0.5, 0.6) is 17.2 Å². The maximum atomic E-state index is 12.9. The van der Waals surface area contributed by atoms with Crippen LogP contribution in [0.4, 0.5) is 0 Å². The van der Waals surface area contributed by atoms with Crippen LogP contribution in [-0.4, -0.2) is 48.7 Å². The number of para-hydroxylation sites is 1. The molecule has 7 nitrogen and oxygen atoms in total. The summed E-state index contributed by atoms with van der Waals surface area (Å²) in [5.74, 6) is 2.17. The molecule has 0 spiro atoms. The molecule has 0 saturated carbocycles. The Hall–Kier alpha value is -3.01. The Kier molecular flexibility index (Phi) is 9.71. The van der Waals surface area contributed by atoms with Crippen molar-refractivity contribution in [1.82, 2.24) is 4.31 Å². The van der Waals surface area contributed by atoms with Crippen molar-refractivity contribution in [3.05, 3.63) is 78.4 Å². The molecule has 1 N–H and O–H groups in total. The zero-order valence-corrected chi connectivity index (χ0v) is 23.0. The number of sulfonamides is 1. The SMILES string of the molecule is CCCc1cc(Oc2ccccc2)ccc1OCCCSc1ccc(S(=O)(=O)N2CCCC2C(=O)O)cc1. The van der Waals surface area contributed by atoms with E-state index in [1.807, 2.05) is 48.5 Å². The minimum Gasteiger partial charge on any atom is -0.493 e. The standard InChI is InChI=1S/C29H33NO6S2/c1-2-8-22-21-24(36-23-9-4-3-5-10-23)12-17-28(22)35-19-7-20-37-25-13-15-26(16-14-25)38(33,34)30-18-6-11-27(30)29(31)32/h3-5,9-10,12-17,21,27H,2,6-8,11,18-20H2,1H3,(H,31,32). The number of hydrogen-bond donors (Lipinski definition) is 1. The number of nitrogens with zero attached hydrogens (tertiary/aromatic N) is 1. The van der Waals surface area contributed by atoms with Gasteiger partial charge in [0.25, 0.3) is 0 Å². The molecule has 1 saturated heterocycles. The van der Waals surface area contributed by atoms with Gasteiger partial charge in [-0.2, -0.15) is 4.31 Å². The van der Waals surface area contributed by atoms with E-state index in [0.717, 1.165) is 57.0 Å². The number of thioether (sulfide) groups is 1. The number of hydrogen-bond acceptors (Lipinski definition) is 6. The molecule has 0 radical (unpaired) electrons. The molecule has 1 unspecified atom stereocenters. The van der Waals surface area contributed by atoms with Gasteiger partial charge in [-0.3, -0.25) is 4.79 Å². The summed E-state index contributed by atoms with van der Waals surface area (Å²) in [6.07, 6.45) is 3.62. The highest BCUT2D eigenvalue weighted by Gasteiger charge is 2.39. The summed E-state index contributed by atoms with van der Waals surface area (Å²) in [7, 11) is -3.82. The normalized spacial score (nSPS) is 15.9. The van der Waals surface area contributed by atoms with Crippen molar-refractivity contribution in [2.24, 2.45) is 0 Å². The highest BCUT2D eigenvalue weighted by molar-refractivity contribution is 7.99. The fourth-order valence-corrected chi connectivity index (χ4v) is 6.88. The van der Waals surface area contributed by atoms with E-state index in [2.05, 4.69) is 6.92 Å². The molecule has 3 aromatic carbocycles. The third-order valence-electron chi connectivity index (χ3n) is 6.26. The number of aryl methyl sites for hydroxylation is 1. The molecule has 1 aliphatic heterocycles. The van der Waals surface area contributed by atoms with Crippen LogP contribution in [-0.2, 0) is 21.2 Å². The van der Waals surface area contributed by atoms with Crippen LogP contribution in [0.2, 0.25) is 0 Å². The van der Waals surface area contributed by atoms with Crippen LogP contribution in [0.15, 0.2) is 82.6 Å². The molecular weight excluding hydrogens is 522 g/mol. The Morgan fingerprint density at radius 3 is 2.53 bits per heavy atom. The maximum Gasteiger partial charge on any atom is 0.322 e. The second-order valence-electron chi connectivity index (χ2n) is 9.07. The minimum atomic E-state index is -3.82. The van der Waals surface area contributed by atoms with Crippen molar-refractivity contribution in [2.45, 2.75) is 54.9 Å². The van der Waals surface area contributed by atoms with E-state index in [9.17, 15) is 18.3 Å². The van der Waals surface area contributed by atoms with E-state index in [1.165, 1.54) is 0 Å². The lowest BCUT2D eigenvalue weighted by Crippen LogP contribution is -2.40. The summed E-state index contributed by atoms with van der Waals surface area (Å²) >= 11 is 1.63. The van der Waals surface area contributed by atoms with Gasteiger partial charge in [0, 0.05) is 17.2 Å². The molecule has 0 aromatic heterocycles. The quantitative estimate of drug-likeness (QED) is 0.197. The van der Waals surface area contributed by atoms with Gasteiger partial charge in [0.05, 0.1) is 11.5 Å². The second kappa shape index (κ2) is 13.2. The number of ether oxygens (including phenoxy) is 2. The molecular formula is C29H33NO6S2. The van der Waals surface area contributed by atoms with Gasteiger partial charge in [-0.05, 0) is 85.8 Å². The van der Waals surface area contributed by atoms with Gasteiger partial charge in [0.1, 0.15) is 23.3 Å². The summed E-state index contributed by atoms with van der Waals surface area (Å²) in [5, 5.41) is 9.33. The average molecular weight is 556 g/mol. The number of aliphatic carboxylic acids is 1. The summed E-state index contributed by atoms with van der Waals surface area (Å²) in [6, 6.07) is 21.3. The molecule has 4 rings (SSSR count). The molecule has 202 valence electrons. The zero-order valence-electron chi connectivity index (χ0n) is 21.4. The monoisotopic (exact) mass is 555 g/mol. The van der Waals surface area contributed by atoms with Crippen LogP contribution < -0.4 is 9.47 Å². The molecule has 9 heteroatoms. The van der Waals surface area contributed by atoms with Crippen molar-refractivity contribution in [3.8, 4) is 17.2 Å². The van der Waals surface area contributed by atoms with Gasteiger partial charge < -0.3 is 14.6 Å². The van der Waals surface area contributed by atoms with Crippen LogP contribution in [0.1, 0.15) is 38.2 Å². The summed E-state index contributed by atoms with van der Waals surface area (Å²) in [4.78, 5) is 12.5. The van der Waals surface area contributed by atoms with Gasteiger partial charge in [0.15, 0.2) is 0 Å². The van der Waals surface area contributed by atoms with Crippen molar-refractivity contribution >= 4 is 27.8 Å². The first-order valence-electron chi connectivity index (χ1n) is 12.8. The summed E-state index contributed by atoms with van der Waals surface area (Å²) in [5.41, 5.74) is 1.12. The van der Waals surface area contributed by atoms with Gasteiger partial charge in [0.2, 0.25) is 10.0 Å². The third kappa shape index (κ3) is 7.09. The third-order valence-corrected chi connectivity index (χ3v) is 9.28. The van der Waals surface area contributed by atoms with Crippen LogP contribution in [0, 0.1) is 0 Å². The van der Waals surface area contributed by atoms with Gasteiger partial charge in [-0.25, -0.2) is 8.42 Å². The van der Waals surface area contributed by atoms with E-state index in [-0.39, 0.29) is 11.4 Å². The van der Waals surface area contributed by atoms with Gasteiger partial charge >= 0.3 is 5.97 Å². The molecule has 0 bridgehead atoms. The fourth-order valence-electron chi connectivity index (χ4n) is 4.40. The average Bonchev–Trinajstić information content (AvgIpc) is 3.42. The predicted molar refractivity (Wildman–Crippen MR) is 149 cm³/mol. The number of carboxylic acid groups (broad SMARTS) is 1. The molecule has 38 heavy (non-hydrogen) atoms. The maximum absolute atomic E-state index is 12.9. The first kappa shape index (κ1) is 28.0. The number of carboxylic acids is 1. The molecule has 1 aliphatic rings. The lowest BCUT2D eigenvalue weighted by Gasteiger charge is -2.21. The highest BCUT2D eigenvalue weighted by Crippen LogP contribution is 2.30. The topological polar surface area (TPSA) is 93.1 Å². The smallest absolute Gasteiger partial charge is 0.322 e. The Morgan fingerprint density at radius 1 is 1.05 bits per heavy atom. The molecule has 1 heterocycles. The second-order valence-corrected chi connectivity index (χ2v) is 12.1. The molecule has 0 aliphatic carbocycles. The number of carbonyl (C=O) groups is 1. The lowest BCUT2D eigenvalue weighted by molar-refractivity contribution is -0.140. The Morgan fingerprint density at radius 2 is 1.82 bits per heavy atom. The van der Waals surface area contributed by atoms with E-state index < -0.39 is 22.0 Å². The van der Waals surface area contributed by atoms with E-state index in [0.29, 0.717) is 19.4 Å². The van der Waals surface area contributed by atoms with Gasteiger partial charge in [-0.15, -0.1) is 11.8 Å². The molecule has 1 fully saturated rings. The largest absolute Gasteiger partial charge is 0.493 e. The molecule has 0 amide bonds. The Balaban J connectivity index is 1.27. The first-order valence-corrected chi connectivity index (χ1v) is 15.3. The number of rotatable bonds is 13. The summed E-state index contributed by atoms with van der Waals surface area (Å²) in [6.45, 7) is 2.94. The van der Waals surface area contributed by atoms with Crippen molar-refractivity contribution in [1.29, 1.82) is 0 Å².